The van der Waals surface area contributed by atoms with E-state index in [1.165, 1.54) is 39.5 Å². The topological polar surface area (TPSA) is 153 Å². The van der Waals surface area contributed by atoms with E-state index in [-0.39, 0.29) is 38.1 Å². The summed E-state index contributed by atoms with van der Waals surface area (Å²) in [6, 6.07) is 19.4. The molecule has 0 saturated carbocycles. The van der Waals surface area contributed by atoms with E-state index < -0.39 is 17.7 Å². The summed E-state index contributed by atoms with van der Waals surface area (Å²) in [6.45, 7) is 0. The Balaban J connectivity index is 1.97. The molecule has 12 nitrogen and oxygen atoms in total. The summed E-state index contributed by atoms with van der Waals surface area (Å²) in [5, 5.41) is 22.9. The van der Waals surface area contributed by atoms with Gasteiger partial charge in [0.05, 0.1) is 53.6 Å². The van der Waals surface area contributed by atoms with Crippen LogP contribution in [0.3, 0.4) is 0 Å². The number of ether oxygens (including phenoxy) is 3. The fourth-order valence-corrected chi connectivity index (χ4v) is 3.44. The molecule has 3 aromatic carbocycles. The molecule has 0 saturated heterocycles. The molecule has 0 N–H and O–H groups in total. The Kier molecular flexibility index (Phi) is 10.2. The first-order valence-electron chi connectivity index (χ1n) is 11.4. The van der Waals surface area contributed by atoms with Crippen molar-refractivity contribution in [1.29, 1.82) is 0 Å². The molecule has 0 aliphatic carbocycles. The lowest BCUT2D eigenvalue weighted by atomic mass is 10.2. The van der Waals surface area contributed by atoms with E-state index >= 15 is 0 Å². The van der Waals surface area contributed by atoms with Crippen molar-refractivity contribution in [2.75, 3.05) is 21.3 Å². The first kappa shape index (κ1) is 28.4. The first-order valence-corrected chi connectivity index (χ1v) is 12.4. The van der Waals surface area contributed by atoms with Crippen molar-refractivity contribution in [1.82, 2.24) is 0 Å². The van der Waals surface area contributed by atoms with Crippen molar-refractivity contribution in [2.24, 2.45) is 30.7 Å². The molecule has 0 bridgehead atoms. The van der Waals surface area contributed by atoms with Crippen molar-refractivity contribution in [3.63, 3.8) is 0 Å². The van der Waals surface area contributed by atoms with Crippen LogP contribution in [0.15, 0.2) is 115 Å². The number of hydrogen-bond acceptors (Lipinski definition) is 9. The third-order valence-corrected chi connectivity index (χ3v) is 5.74. The van der Waals surface area contributed by atoms with Gasteiger partial charge in [-0.15, -0.1) is 25.6 Å². The van der Waals surface area contributed by atoms with Gasteiger partial charge in [0.2, 0.25) is 5.82 Å². The van der Waals surface area contributed by atoms with Gasteiger partial charge in [-0.2, -0.15) is 5.11 Å². The van der Waals surface area contributed by atoms with Crippen molar-refractivity contribution in [3.05, 3.63) is 101 Å². The van der Waals surface area contributed by atoms with E-state index in [0.29, 0.717) is 17.2 Å². The van der Waals surface area contributed by atoms with Gasteiger partial charge in [-0.05, 0) is 36.4 Å². The Morgan fingerprint density at radius 3 is 1.15 bits per heavy atom. The minimum absolute atomic E-state index is 0.0893. The summed E-state index contributed by atoms with van der Waals surface area (Å²) in [7, 11) is 4.42. The van der Waals surface area contributed by atoms with Gasteiger partial charge in [-0.25, -0.2) is 0 Å². The minimum Gasteiger partial charge on any atom is -0.496 e. The Labute approximate surface area is 226 Å². The molecule has 0 heterocycles. The zero-order valence-corrected chi connectivity index (χ0v) is 23.6. The number of amides is 3. The maximum atomic E-state index is 12.7. The first-order chi connectivity index (χ1) is 18.9. The van der Waals surface area contributed by atoms with Gasteiger partial charge in [-0.3, -0.25) is 14.4 Å². The highest BCUT2D eigenvalue weighted by Crippen LogP contribution is 2.22. The number of hydrogen-bond donors (Lipinski definition) is 0. The number of nitrogens with zero attached hydrogens (tertiary/aromatic N) is 6. The average molecular weight is 545 g/mol. The average Bonchev–Trinajstić information content (AvgIpc) is 2.99. The van der Waals surface area contributed by atoms with Crippen molar-refractivity contribution in [3.8, 4) is 17.2 Å². The summed E-state index contributed by atoms with van der Waals surface area (Å²) < 4.78 is 15.6. The van der Waals surface area contributed by atoms with E-state index in [0.717, 1.165) is 0 Å². The van der Waals surface area contributed by atoms with E-state index in [1.807, 2.05) is 0 Å². The molecule has 0 fully saturated rings. The standard InChI is InChI=1S/C26H24N6O6Si/c1-36-19-13-7-4-10-16(19)23(33)29-27-22(28-30-24(34)17-11-5-8-14-20(17)37-2)26(39)32-31-25(35)18-12-6-9-15-21(18)38-3/h4-15H,1-3,39H3. The molecular weight excluding hydrogens is 520 g/mol. The van der Waals surface area contributed by atoms with E-state index in [1.54, 1.807) is 54.6 Å². The fraction of sp³-hybridized carbons (Fsp3) is 0.115. The van der Waals surface area contributed by atoms with Crippen LogP contribution in [-0.4, -0.2) is 49.3 Å². The number of benzene rings is 3. The third-order valence-electron chi connectivity index (χ3n) is 5.10. The van der Waals surface area contributed by atoms with Gasteiger partial charge in [0.25, 0.3) is 17.7 Å². The lowest BCUT2D eigenvalue weighted by Gasteiger charge is -2.04. The third kappa shape index (κ3) is 7.42. The van der Waals surface area contributed by atoms with Gasteiger partial charge in [0, 0.05) is 0 Å². The van der Waals surface area contributed by atoms with E-state index in [2.05, 4.69) is 30.7 Å². The summed E-state index contributed by atoms with van der Waals surface area (Å²) in [5.74, 6) is -1.49. The number of methoxy groups -OCH3 is 3. The van der Waals surface area contributed by atoms with Crippen LogP contribution in [0.2, 0.25) is 0 Å². The molecule has 3 aromatic rings. The number of carbonyl (C=O) groups excluding carboxylic acids is 3. The number of rotatable bonds is 9. The second-order valence-electron chi connectivity index (χ2n) is 7.53. The summed E-state index contributed by atoms with van der Waals surface area (Å²) in [6.07, 6.45) is 0. The Morgan fingerprint density at radius 2 is 0.821 bits per heavy atom. The van der Waals surface area contributed by atoms with Crippen molar-refractivity contribution >= 4 is 28.0 Å². The predicted octanol–water partition coefficient (Wildman–Crippen LogP) is 4.38. The van der Waals surface area contributed by atoms with Crippen LogP contribution >= 0.6 is 0 Å². The Hall–Kier alpha value is -5.17. The molecule has 0 unspecified atom stereocenters. The second kappa shape index (κ2) is 13.9. The van der Waals surface area contributed by atoms with Gasteiger partial charge >= 0.3 is 0 Å². The summed E-state index contributed by atoms with van der Waals surface area (Å²) in [4.78, 5) is 38.0. The maximum Gasteiger partial charge on any atom is 0.299 e. The molecule has 3 amide bonds. The van der Waals surface area contributed by atoms with Gasteiger partial charge in [-0.1, -0.05) is 36.4 Å². The van der Waals surface area contributed by atoms with E-state index in [4.69, 9.17) is 14.2 Å². The quantitative estimate of drug-likeness (QED) is 0.288. The van der Waals surface area contributed by atoms with Crippen LogP contribution in [-0.2, 0) is 0 Å². The van der Waals surface area contributed by atoms with Crippen LogP contribution in [0.4, 0.5) is 0 Å². The molecule has 0 atom stereocenters. The normalized spacial score (nSPS) is 11.2. The zero-order chi connectivity index (χ0) is 28.2. The number of para-hydroxylation sites is 3. The van der Waals surface area contributed by atoms with Crippen LogP contribution < -0.4 is 14.2 Å². The lowest BCUT2D eigenvalue weighted by molar-refractivity contribution is 0.0981. The molecule has 0 radical (unpaired) electrons. The highest BCUT2D eigenvalue weighted by Gasteiger charge is 2.14. The molecule has 198 valence electrons. The molecular formula is C26H24N6O6Si. The maximum absolute atomic E-state index is 12.7. The highest BCUT2D eigenvalue weighted by molar-refractivity contribution is 6.21. The van der Waals surface area contributed by atoms with Crippen LogP contribution in [0.5, 0.6) is 17.2 Å². The fourth-order valence-electron chi connectivity index (χ4n) is 3.14. The molecule has 3 rings (SSSR count). The minimum atomic E-state index is -0.729. The van der Waals surface area contributed by atoms with Gasteiger partial charge in [0.15, 0.2) is 0 Å². The van der Waals surface area contributed by atoms with E-state index in [9.17, 15) is 14.4 Å². The highest BCUT2D eigenvalue weighted by atomic mass is 28.1. The van der Waals surface area contributed by atoms with Crippen LogP contribution in [0.25, 0.3) is 0 Å². The summed E-state index contributed by atoms with van der Waals surface area (Å²) >= 11 is 0. The lowest BCUT2D eigenvalue weighted by Crippen LogP contribution is -2.00. The second-order valence-corrected chi connectivity index (χ2v) is 8.47. The molecule has 0 aliphatic heterocycles. The Morgan fingerprint density at radius 1 is 0.513 bits per heavy atom. The molecule has 39 heavy (non-hydrogen) atoms. The van der Waals surface area contributed by atoms with Crippen LogP contribution in [0, 0.1) is 0 Å². The molecule has 0 aliphatic rings. The number of carbonyl (C=O) groups is 3. The van der Waals surface area contributed by atoms with Crippen LogP contribution in [0.1, 0.15) is 31.1 Å². The molecule has 0 aromatic heterocycles. The Bertz CT molecular complexity index is 1430. The predicted molar refractivity (Wildman–Crippen MR) is 144 cm³/mol. The smallest absolute Gasteiger partial charge is 0.299 e. The van der Waals surface area contributed by atoms with Gasteiger partial charge in [0.1, 0.15) is 17.2 Å². The SMILES string of the molecule is COc1ccccc1C(=O)N=NC([SiH3])=C(N=NC(=O)c1ccccc1OC)N=NC(=O)c1ccccc1OC. The van der Waals surface area contributed by atoms with Gasteiger partial charge < -0.3 is 14.2 Å². The van der Waals surface area contributed by atoms with Crippen molar-refractivity contribution < 1.29 is 28.6 Å². The zero-order valence-electron chi connectivity index (χ0n) is 21.6. The van der Waals surface area contributed by atoms with Crippen molar-refractivity contribution in [2.45, 2.75) is 0 Å². The summed E-state index contributed by atoms with van der Waals surface area (Å²) in [5.41, 5.74) is 0.516. The number of azo groups is 3. The largest absolute Gasteiger partial charge is 0.496 e. The monoisotopic (exact) mass is 544 g/mol. The molecule has 0 spiro atoms. The molecule has 13 heteroatoms.